The molecule has 0 radical (unpaired) electrons. The highest BCUT2D eigenvalue weighted by Crippen LogP contribution is 2.19. The van der Waals surface area contributed by atoms with Gasteiger partial charge in [0.25, 0.3) is 0 Å². The molecule has 0 aliphatic rings. The van der Waals surface area contributed by atoms with Gasteiger partial charge in [0.05, 0.1) is 17.6 Å². The zero-order valence-corrected chi connectivity index (χ0v) is 12.7. The largest absolute Gasteiger partial charge is 0.348 e. The Morgan fingerprint density at radius 3 is 2.76 bits per heavy atom. The number of aromatic nitrogens is 1. The standard InChI is InChI=1S/C16H20N4O/c1-4-19(12-16(21)18(2)3)10-13-11-20-8-6-5-7-15(20)14(13)9-17/h5-8,11H,4,10,12H2,1-3H3. The molecule has 2 aromatic heterocycles. The lowest BCUT2D eigenvalue weighted by molar-refractivity contribution is -0.130. The molecule has 110 valence electrons. The number of nitrogens with zero attached hydrogens (tertiary/aromatic N) is 4. The van der Waals surface area contributed by atoms with Crippen LogP contribution in [-0.2, 0) is 11.3 Å². The van der Waals surface area contributed by atoms with Crippen molar-refractivity contribution in [3.8, 4) is 6.07 Å². The fourth-order valence-electron chi connectivity index (χ4n) is 2.28. The molecule has 2 aromatic rings. The van der Waals surface area contributed by atoms with Crippen molar-refractivity contribution in [3.63, 3.8) is 0 Å². The van der Waals surface area contributed by atoms with Crippen LogP contribution in [0.1, 0.15) is 18.1 Å². The van der Waals surface area contributed by atoms with Crippen molar-refractivity contribution in [2.75, 3.05) is 27.2 Å². The first-order chi connectivity index (χ1) is 10.1. The number of hydrogen-bond acceptors (Lipinski definition) is 3. The zero-order chi connectivity index (χ0) is 15.4. The molecule has 5 nitrogen and oxygen atoms in total. The van der Waals surface area contributed by atoms with Crippen LogP contribution in [0.3, 0.4) is 0 Å². The van der Waals surface area contributed by atoms with Crippen molar-refractivity contribution in [2.24, 2.45) is 0 Å². The number of amides is 1. The molecular formula is C16H20N4O. The van der Waals surface area contributed by atoms with Crippen LogP contribution in [0.25, 0.3) is 5.52 Å². The maximum absolute atomic E-state index is 11.8. The normalized spacial score (nSPS) is 10.8. The van der Waals surface area contributed by atoms with Crippen LogP contribution >= 0.6 is 0 Å². The van der Waals surface area contributed by atoms with Crippen LogP contribution in [0.5, 0.6) is 0 Å². The van der Waals surface area contributed by atoms with E-state index in [-0.39, 0.29) is 5.91 Å². The summed E-state index contributed by atoms with van der Waals surface area (Å²) in [6.07, 6.45) is 3.90. The second-order valence-electron chi connectivity index (χ2n) is 5.23. The van der Waals surface area contributed by atoms with E-state index in [9.17, 15) is 10.1 Å². The highest BCUT2D eigenvalue weighted by molar-refractivity contribution is 5.77. The number of rotatable bonds is 5. The first kappa shape index (κ1) is 15.1. The smallest absolute Gasteiger partial charge is 0.236 e. The molecule has 2 heterocycles. The van der Waals surface area contributed by atoms with E-state index in [2.05, 4.69) is 6.07 Å². The van der Waals surface area contributed by atoms with Crippen LogP contribution in [0.4, 0.5) is 0 Å². The summed E-state index contributed by atoms with van der Waals surface area (Å²) in [6.45, 7) is 3.74. The summed E-state index contributed by atoms with van der Waals surface area (Å²) < 4.78 is 1.95. The Labute approximate surface area is 125 Å². The zero-order valence-electron chi connectivity index (χ0n) is 12.7. The van der Waals surface area contributed by atoms with Gasteiger partial charge in [-0.25, -0.2) is 0 Å². The third-order valence-electron chi connectivity index (χ3n) is 3.57. The van der Waals surface area contributed by atoms with Crippen LogP contribution < -0.4 is 0 Å². The predicted molar refractivity (Wildman–Crippen MR) is 81.8 cm³/mol. The lowest BCUT2D eigenvalue weighted by atomic mass is 10.1. The molecule has 5 heteroatoms. The summed E-state index contributed by atoms with van der Waals surface area (Å²) in [5.41, 5.74) is 2.55. The summed E-state index contributed by atoms with van der Waals surface area (Å²) in [4.78, 5) is 15.5. The van der Waals surface area contributed by atoms with Gasteiger partial charge in [0, 0.05) is 38.6 Å². The third kappa shape index (κ3) is 3.23. The average Bonchev–Trinajstić information content (AvgIpc) is 2.83. The lowest BCUT2D eigenvalue weighted by Gasteiger charge is -2.21. The number of nitriles is 1. The molecule has 0 aliphatic carbocycles. The summed E-state index contributed by atoms with van der Waals surface area (Å²) in [5.74, 6) is 0.0686. The molecule has 0 N–H and O–H groups in total. The van der Waals surface area contributed by atoms with Crippen molar-refractivity contribution in [1.29, 1.82) is 5.26 Å². The van der Waals surface area contributed by atoms with E-state index in [1.54, 1.807) is 19.0 Å². The van der Waals surface area contributed by atoms with Crippen molar-refractivity contribution in [2.45, 2.75) is 13.5 Å². The van der Waals surface area contributed by atoms with E-state index in [4.69, 9.17) is 0 Å². The highest BCUT2D eigenvalue weighted by Gasteiger charge is 2.15. The number of carbonyl (C=O) groups is 1. The molecule has 0 fully saturated rings. The molecule has 0 spiro atoms. The predicted octanol–water partition coefficient (Wildman–Crippen LogP) is 1.72. The number of hydrogen-bond donors (Lipinski definition) is 0. The van der Waals surface area contributed by atoms with E-state index < -0.39 is 0 Å². The van der Waals surface area contributed by atoms with Gasteiger partial charge >= 0.3 is 0 Å². The van der Waals surface area contributed by atoms with Crippen LogP contribution in [0.15, 0.2) is 30.6 Å². The van der Waals surface area contributed by atoms with Crippen molar-refractivity contribution in [3.05, 3.63) is 41.7 Å². The quantitative estimate of drug-likeness (QED) is 0.840. The maximum Gasteiger partial charge on any atom is 0.236 e. The Bertz CT molecular complexity index is 681. The molecule has 1 amide bonds. The summed E-state index contributed by atoms with van der Waals surface area (Å²) >= 11 is 0. The Hall–Kier alpha value is -2.32. The third-order valence-corrected chi connectivity index (χ3v) is 3.57. The second-order valence-corrected chi connectivity index (χ2v) is 5.23. The van der Waals surface area contributed by atoms with Gasteiger partial charge in [-0.3, -0.25) is 9.69 Å². The van der Waals surface area contributed by atoms with Gasteiger partial charge in [0.1, 0.15) is 6.07 Å². The minimum absolute atomic E-state index is 0.0686. The van der Waals surface area contributed by atoms with Crippen molar-refractivity contribution in [1.82, 2.24) is 14.2 Å². The molecule has 0 atom stereocenters. The van der Waals surface area contributed by atoms with Crippen LogP contribution in [0, 0.1) is 11.3 Å². The van der Waals surface area contributed by atoms with E-state index in [1.165, 1.54) is 0 Å². The summed E-state index contributed by atoms with van der Waals surface area (Å²) in [5, 5.41) is 9.40. The van der Waals surface area contributed by atoms with Gasteiger partial charge in [-0.1, -0.05) is 13.0 Å². The monoisotopic (exact) mass is 284 g/mol. The van der Waals surface area contributed by atoms with Gasteiger partial charge in [-0.2, -0.15) is 5.26 Å². The fraction of sp³-hybridized carbons (Fsp3) is 0.375. The van der Waals surface area contributed by atoms with Crippen LogP contribution in [0.2, 0.25) is 0 Å². The van der Waals surface area contributed by atoms with Gasteiger partial charge in [0.2, 0.25) is 5.91 Å². The molecule has 2 rings (SSSR count). The van der Waals surface area contributed by atoms with E-state index in [1.807, 2.05) is 46.8 Å². The first-order valence-corrected chi connectivity index (χ1v) is 6.98. The van der Waals surface area contributed by atoms with E-state index in [0.717, 1.165) is 17.6 Å². The van der Waals surface area contributed by atoms with Gasteiger partial charge in [0.15, 0.2) is 0 Å². The SMILES string of the molecule is CCN(CC(=O)N(C)C)Cc1cn2ccccc2c1C#N. The fourth-order valence-corrected chi connectivity index (χ4v) is 2.28. The van der Waals surface area contributed by atoms with Crippen LogP contribution in [-0.4, -0.2) is 47.3 Å². The highest BCUT2D eigenvalue weighted by atomic mass is 16.2. The molecular weight excluding hydrogens is 264 g/mol. The Morgan fingerprint density at radius 1 is 1.38 bits per heavy atom. The number of likely N-dealkylation sites (N-methyl/N-ethyl adjacent to an activating group) is 2. The maximum atomic E-state index is 11.8. The van der Waals surface area contributed by atoms with Gasteiger partial charge in [-0.05, 0) is 18.7 Å². The molecule has 0 saturated carbocycles. The van der Waals surface area contributed by atoms with E-state index >= 15 is 0 Å². The second kappa shape index (κ2) is 6.42. The van der Waals surface area contributed by atoms with E-state index in [0.29, 0.717) is 18.7 Å². The summed E-state index contributed by atoms with van der Waals surface area (Å²) in [6, 6.07) is 8.07. The topological polar surface area (TPSA) is 51.8 Å². The average molecular weight is 284 g/mol. The Morgan fingerprint density at radius 2 is 2.14 bits per heavy atom. The number of fused-ring (bicyclic) bond motifs is 1. The molecule has 0 aliphatic heterocycles. The Kier molecular flexibility index (Phi) is 4.61. The number of carbonyl (C=O) groups excluding carboxylic acids is 1. The molecule has 0 bridgehead atoms. The lowest BCUT2D eigenvalue weighted by Crippen LogP contribution is -2.36. The van der Waals surface area contributed by atoms with Crippen molar-refractivity contribution < 1.29 is 4.79 Å². The minimum atomic E-state index is 0.0686. The molecule has 21 heavy (non-hydrogen) atoms. The number of pyridine rings is 1. The van der Waals surface area contributed by atoms with Crippen molar-refractivity contribution >= 4 is 11.4 Å². The first-order valence-electron chi connectivity index (χ1n) is 6.98. The molecule has 0 aromatic carbocycles. The molecule has 0 saturated heterocycles. The van der Waals surface area contributed by atoms with Gasteiger partial charge in [-0.15, -0.1) is 0 Å². The van der Waals surface area contributed by atoms with Gasteiger partial charge < -0.3 is 9.30 Å². The molecule has 0 unspecified atom stereocenters. The minimum Gasteiger partial charge on any atom is -0.348 e. The Balaban J connectivity index is 2.25. The summed E-state index contributed by atoms with van der Waals surface area (Å²) in [7, 11) is 3.51.